The van der Waals surface area contributed by atoms with Crippen molar-refractivity contribution in [1.29, 1.82) is 0 Å². The van der Waals surface area contributed by atoms with Crippen molar-refractivity contribution in [2.45, 2.75) is 58.3 Å². The normalized spacial score (nSPS) is 28.1. The van der Waals surface area contributed by atoms with Gasteiger partial charge in [-0.25, -0.2) is 0 Å². The Hall–Kier alpha value is -0.610. The zero-order valence-corrected chi connectivity index (χ0v) is 11.8. The molecule has 4 nitrogen and oxygen atoms in total. The molecule has 1 aliphatic rings. The van der Waals surface area contributed by atoms with Gasteiger partial charge in [-0.2, -0.15) is 0 Å². The number of carbonyl (C=O) groups is 1. The van der Waals surface area contributed by atoms with E-state index in [2.05, 4.69) is 0 Å². The van der Waals surface area contributed by atoms with Crippen LogP contribution in [0.4, 0.5) is 0 Å². The van der Waals surface area contributed by atoms with Crippen LogP contribution in [0.25, 0.3) is 0 Å². The van der Waals surface area contributed by atoms with Crippen LogP contribution in [0.2, 0.25) is 0 Å². The van der Waals surface area contributed by atoms with Crippen LogP contribution in [0.3, 0.4) is 0 Å². The number of esters is 1. The lowest BCUT2D eigenvalue weighted by Crippen LogP contribution is -2.37. The van der Waals surface area contributed by atoms with Gasteiger partial charge >= 0.3 is 5.97 Å². The van der Waals surface area contributed by atoms with Crippen LogP contribution in [0.1, 0.15) is 47.0 Å². The van der Waals surface area contributed by atoms with Gasteiger partial charge in [0, 0.05) is 27.1 Å². The molecule has 1 fully saturated rings. The summed E-state index contributed by atoms with van der Waals surface area (Å²) in [5.74, 6) is -0.799. The summed E-state index contributed by atoms with van der Waals surface area (Å²) in [6.45, 7) is 7.55. The molecular formula is C13H24O4. The first-order chi connectivity index (χ1) is 7.66. The van der Waals surface area contributed by atoms with Crippen LogP contribution >= 0.6 is 0 Å². The Bertz CT molecular complexity index is 288. The van der Waals surface area contributed by atoms with E-state index in [-0.39, 0.29) is 5.97 Å². The van der Waals surface area contributed by atoms with Gasteiger partial charge in [-0.05, 0) is 34.1 Å². The van der Waals surface area contributed by atoms with Crippen LogP contribution < -0.4 is 0 Å². The molecule has 1 aliphatic carbocycles. The lowest BCUT2D eigenvalue weighted by atomic mass is 9.88. The quantitative estimate of drug-likeness (QED) is 0.565. The molecule has 0 amide bonds. The monoisotopic (exact) mass is 244 g/mol. The molecule has 17 heavy (non-hydrogen) atoms. The molecule has 0 aromatic rings. The number of hydrogen-bond donors (Lipinski definition) is 0. The Morgan fingerprint density at radius 2 is 1.65 bits per heavy atom. The third kappa shape index (κ3) is 3.19. The van der Waals surface area contributed by atoms with Crippen molar-refractivity contribution in [3.63, 3.8) is 0 Å². The van der Waals surface area contributed by atoms with Crippen molar-refractivity contribution >= 4 is 5.97 Å². The predicted octanol–water partition coefficient (Wildman–Crippen LogP) is 2.51. The maximum absolute atomic E-state index is 12.2. The second-order valence-electron chi connectivity index (χ2n) is 6.06. The topological polar surface area (TPSA) is 44.8 Å². The smallest absolute Gasteiger partial charge is 0.312 e. The molecule has 1 rings (SSSR count). The highest BCUT2D eigenvalue weighted by atomic mass is 16.7. The first kappa shape index (κ1) is 14.5. The van der Waals surface area contributed by atoms with Crippen molar-refractivity contribution in [1.82, 2.24) is 0 Å². The summed E-state index contributed by atoms with van der Waals surface area (Å²) >= 11 is 0. The average Bonchev–Trinajstić information content (AvgIpc) is 2.56. The summed E-state index contributed by atoms with van der Waals surface area (Å²) in [5.41, 5.74) is -0.967. The minimum atomic E-state index is -0.633. The van der Waals surface area contributed by atoms with Crippen molar-refractivity contribution in [2.75, 3.05) is 14.2 Å². The molecule has 0 bridgehead atoms. The highest BCUT2D eigenvalue weighted by Gasteiger charge is 2.52. The Morgan fingerprint density at radius 1 is 1.12 bits per heavy atom. The fourth-order valence-electron chi connectivity index (χ4n) is 2.24. The predicted molar refractivity (Wildman–Crippen MR) is 64.6 cm³/mol. The molecule has 0 aliphatic heterocycles. The molecule has 1 unspecified atom stereocenters. The van der Waals surface area contributed by atoms with E-state index < -0.39 is 16.8 Å². The molecule has 0 aromatic heterocycles. The molecule has 0 N–H and O–H groups in total. The SMILES string of the molecule is COC1(OC)CCC(C)(C(=O)OC(C)(C)C)C1. The van der Waals surface area contributed by atoms with Gasteiger partial charge in [0.25, 0.3) is 0 Å². The second kappa shape index (κ2) is 4.58. The summed E-state index contributed by atoms with van der Waals surface area (Å²) in [7, 11) is 3.23. The molecule has 0 spiro atoms. The molecule has 1 atom stereocenters. The van der Waals surface area contributed by atoms with Crippen molar-refractivity contribution in [2.24, 2.45) is 5.41 Å². The average molecular weight is 244 g/mol. The maximum atomic E-state index is 12.2. The lowest BCUT2D eigenvalue weighted by Gasteiger charge is -2.30. The summed E-state index contributed by atoms with van der Waals surface area (Å²) in [5, 5.41) is 0. The van der Waals surface area contributed by atoms with E-state index in [4.69, 9.17) is 14.2 Å². The first-order valence-corrected chi connectivity index (χ1v) is 6.00. The summed E-state index contributed by atoms with van der Waals surface area (Å²) in [6.07, 6.45) is 1.99. The number of methoxy groups -OCH3 is 2. The van der Waals surface area contributed by atoms with Gasteiger partial charge in [0.1, 0.15) is 5.60 Å². The van der Waals surface area contributed by atoms with Gasteiger partial charge < -0.3 is 14.2 Å². The molecule has 0 radical (unpaired) electrons. The Labute approximate surface area is 104 Å². The molecule has 100 valence electrons. The minimum Gasteiger partial charge on any atom is -0.460 e. The van der Waals surface area contributed by atoms with Crippen LogP contribution in [-0.2, 0) is 19.0 Å². The third-order valence-electron chi connectivity index (χ3n) is 3.35. The Morgan fingerprint density at radius 3 is 2.00 bits per heavy atom. The van der Waals surface area contributed by atoms with E-state index in [0.717, 1.165) is 12.8 Å². The molecule has 0 saturated heterocycles. The van der Waals surface area contributed by atoms with Gasteiger partial charge in [-0.15, -0.1) is 0 Å². The van der Waals surface area contributed by atoms with E-state index in [1.807, 2.05) is 27.7 Å². The van der Waals surface area contributed by atoms with Crippen LogP contribution in [-0.4, -0.2) is 31.6 Å². The van der Waals surface area contributed by atoms with Gasteiger partial charge in [0.05, 0.1) is 5.41 Å². The Balaban J connectivity index is 2.75. The number of ether oxygens (including phenoxy) is 3. The van der Waals surface area contributed by atoms with Gasteiger partial charge in [-0.1, -0.05) is 0 Å². The highest BCUT2D eigenvalue weighted by molar-refractivity contribution is 5.77. The molecule has 0 aromatic carbocycles. The van der Waals surface area contributed by atoms with Crippen LogP contribution in [0.5, 0.6) is 0 Å². The molecule has 4 heteroatoms. The standard InChI is InChI=1S/C13H24O4/c1-11(2,3)17-10(14)12(4)7-8-13(9-12,15-5)16-6/h7-9H2,1-6H3. The van der Waals surface area contributed by atoms with E-state index in [0.29, 0.717) is 6.42 Å². The van der Waals surface area contributed by atoms with Crippen LogP contribution in [0, 0.1) is 5.41 Å². The number of carbonyl (C=O) groups excluding carboxylic acids is 1. The fourth-order valence-corrected chi connectivity index (χ4v) is 2.24. The van der Waals surface area contributed by atoms with Gasteiger partial charge in [0.15, 0.2) is 5.79 Å². The largest absolute Gasteiger partial charge is 0.460 e. The first-order valence-electron chi connectivity index (χ1n) is 6.00. The fraction of sp³-hybridized carbons (Fsp3) is 0.923. The minimum absolute atomic E-state index is 0.166. The summed E-state index contributed by atoms with van der Waals surface area (Å²) < 4.78 is 16.2. The number of rotatable bonds is 3. The highest BCUT2D eigenvalue weighted by Crippen LogP contribution is 2.47. The molecule has 0 heterocycles. The third-order valence-corrected chi connectivity index (χ3v) is 3.35. The van der Waals surface area contributed by atoms with E-state index in [9.17, 15) is 4.79 Å². The van der Waals surface area contributed by atoms with E-state index in [1.165, 1.54) is 0 Å². The maximum Gasteiger partial charge on any atom is 0.312 e. The second-order valence-corrected chi connectivity index (χ2v) is 6.06. The van der Waals surface area contributed by atoms with E-state index in [1.54, 1.807) is 14.2 Å². The van der Waals surface area contributed by atoms with Crippen LogP contribution in [0.15, 0.2) is 0 Å². The van der Waals surface area contributed by atoms with Gasteiger partial charge in [-0.3, -0.25) is 4.79 Å². The summed E-state index contributed by atoms with van der Waals surface area (Å²) in [6, 6.07) is 0. The Kier molecular flexibility index (Phi) is 3.89. The zero-order valence-electron chi connectivity index (χ0n) is 11.8. The van der Waals surface area contributed by atoms with E-state index >= 15 is 0 Å². The summed E-state index contributed by atoms with van der Waals surface area (Å²) in [4.78, 5) is 12.2. The molecule has 1 saturated carbocycles. The number of hydrogen-bond acceptors (Lipinski definition) is 4. The zero-order chi connectivity index (χ0) is 13.3. The van der Waals surface area contributed by atoms with Crippen molar-refractivity contribution in [3.05, 3.63) is 0 Å². The molecular weight excluding hydrogens is 220 g/mol. The van der Waals surface area contributed by atoms with Crippen molar-refractivity contribution in [3.8, 4) is 0 Å². The van der Waals surface area contributed by atoms with Gasteiger partial charge in [0.2, 0.25) is 0 Å². The lowest BCUT2D eigenvalue weighted by molar-refractivity contribution is -0.209. The van der Waals surface area contributed by atoms with Crippen molar-refractivity contribution < 1.29 is 19.0 Å².